The van der Waals surface area contributed by atoms with Crippen molar-refractivity contribution in [1.82, 2.24) is 5.32 Å². The maximum Gasteiger partial charge on any atom is 0.224 e. The van der Waals surface area contributed by atoms with Gasteiger partial charge in [0.1, 0.15) is 11.8 Å². The lowest BCUT2D eigenvalue weighted by Crippen LogP contribution is -2.46. The number of nitrogens with zero attached hydrogens (tertiary/aromatic N) is 1. The van der Waals surface area contributed by atoms with Crippen molar-refractivity contribution in [3.8, 4) is 24.2 Å². The minimum absolute atomic E-state index is 0.0720. The van der Waals surface area contributed by atoms with E-state index in [1.807, 2.05) is 0 Å². The van der Waals surface area contributed by atoms with E-state index in [-0.39, 0.29) is 17.0 Å². The number of aliphatic hydroxyl groups is 1. The predicted octanol–water partition coefficient (Wildman–Crippen LogP) is 4.09. The number of anilines is 1. The van der Waals surface area contributed by atoms with Crippen LogP contribution in [0, 0.1) is 23.7 Å². The van der Waals surface area contributed by atoms with Crippen LogP contribution in [0.3, 0.4) is 0 Å². The molecule has 3 N–H and O–H groups in total. The first-order valence-electron chi connectivity index (χ1n) is 10.9. The lowest BCUT2D eigenvalue weighted by atomic mass is 9.82. The SMILES string of the molecule is C#CC1(NCCC(O)Oc2ccc(NC(=O)CCCCC)cc2C#N)CCCCC1. The molecule has 0 radical (unpaired) electrons. The first kappa shape index (κ1) is 23.7. The average molecular weight is 412 g/mol. The van der Waals surface area contributed by atoms with Gasteiger partial charge in [0.05, 0.1) is 11.1 Å². The van der Waals surface area contributed by atoms with Crippen LogP contribution in [0.25, 0.3) is 0 Å². The number of unbranched alkanes of at least 4 members (excludes halogenated alkanes) is 2. The predicted molar refractivity (Wildman–Crippen MR) is 118 cm³/mol. The van der Waals surface area contributed by atoms with Crippen LogP contribution >= 0.6 is 0 Å². The molecule has 1 saturated carbocycles. The van der Waals surface area contributed by atoms with Gasteiger partial charge in [-0.15, -0.1) is 6.42 Å². The number of carbonyl (C=O) groups excluding carboxylic acids is 1. The lowest BCUT2D eigenvalue weighted by molar-refractivity contribution is -0.116. The zero-order valence-electron chi connectivity index (χ0n) is 17.9. The average Bonchev–Trinajstić information content (AvgIpc) is 2.75. The van der Waals surface area contributed by atoms with Crippen LogP contribution in [-0.4, -0.2) is 29.4 Å². The van der Waals surface area contributed by atoms with E-state index in [2.05, 4.69) is 29.5 Å². The molecular weight excluding hydrogens is 378 g/mol. The van der Waals surface area contributed by atoms with Gasteiger partial charge in [-0.2, -0.15) is 5.26 Å². The van der Waals surface area contributed by atoms with Gasteiger partial charge in [0.15, 0.2) is 6.29 Å². The molecule has 0 saturated heterocycles. The first-order valence-corrected chi connectivity index (χ1v) is 10.9. The Morgan fingerprint density at radius 3 is 2.77 bits per heavy atom. The monoisotopic (exact) mass is 411 g/mol. The van der Waals surface area contributed by atoms with E-state index < -0.39 is 6.29 Å². The fraction of sp³-hybridized carbons (Fsp3) is 0.583. The molecule has 0 spiro atoms. The van der Waals surface area contributed by atoms with Gasteiger partial charge < -0.3 is 20.5 Å². The maximum absolute atomic E-state index is 12.0. The van der Waals surface area contributed by atoms with Gasteiger partial charge in [-0.3, -0.25) is 4.79 Å². The number of nitrogens with one attached hydrogen (secondary N) is 2. The minimum atomic E-state index is -1.06. The third-order valence-corrected chi connectivity index (χ3v) is 5.49. The van der Waals surface area contributed by atoms with Crippen molar-refractivity contribution in [3.63, 3.8) is 0 Å². The van der Waals surface area contributed by atoms with Crippen molar-refractivity contribution < 1.29 is 14.6 Å². The maximum atomic E-state index is 12.0. The summed E-state index contributed by atoms with van der Waals surface area (Å²) in [5, 5.41) is 25.9. The largest absolute Gasteiger partial charge is 0.464 e. The number of benzene rings is 1. The second-order valence-corrected chi connectivity index (χ2v) is 7.90. The number of amides is 1. The topological polar surface area (TPSA) is 94.4 Å². The molecule has 6 heteroatoms. The molecule has 1 atom stereocenters. The van der Waals surface area contributed by atoms with Gasteiger partial charge in [0.2, 0.25) is 5.91 Å². The summed E-state index contributed by atoms with van der Waals surface area (Å²) in [6, 6.07) is 6.90. The van der Waals surface area contributed by atoms with Crippen LogP contribution in [0.15, 0.2) is 18.2 Å². The highest BCUT2D eigenvalue weighted by molar-refractivity contribution is 5.91. The number of hydrogen-bond donors (Lipinski definition) is 3. The second kappa shape index (κ2) is 12.2. The summed E-state index contributed by atoms with van der Waals surface area (Å²) in [6.07, 6.45) is 13.7. The summed E-state index contributed by atoms with van der Waals surface area (Å²) in [4.78, 5) is 12.0. The molecule has 0 heterocycles. The van der Waals surface area contributed by atoms with Crippen molar-refractivity contribution >= 4 is 11.6 Å². The van der Waals surface area contributed by atoms with Crippen molar-refractivity contribution in [2.75, 3.05) is 11.9 Å². The number of aliphatic hydroxyl groups excluding tert-OH is 1. The number of hydrogen-bond acceptors (Lipinski definition) is 5. The molecule has 1 amide bonds. The lowest BCUT2D eigenvalue weighted by Gasteiger charge is -2.33. The number of rotatable bonds is 11. The molecule has 0 aliphatic heterocycles. The molecule has 2 rings (SSSR count). The van der Waals surface area contributed by atoms with Crippen LogP contribution in [0.4, 0.5) is 5.69 Å². The smallest absolute Gasteiger partial charge is 0.224 e. The highest BCUT2D eigenvalue weighted by Gasteiger charge is 2.29. The third-order valence-electron chi connectivity index (χ3n) is 5.49. The van der Waals surface area contributed by atoms with Gasteiger partial charge in [-0.1, -0.05) is 44.9 Å². The molecule has 30 heavy (non-hydrogen) atoms. The van der Waals surface area contributed by atoms with Gasteiger partial charge in [0.25, 0.3) is 0 Å². The molecule has 1 aliphatic rings. The van der Waals surface area contributed by atoms with E-state index in [9.17, 15) is 15.2 Å². The van der Waals surface area contributed by atoms with Crippen LogP contribution in [-0.2, 0) is 4.79 Å². The summed E-state index contributed by atoms with van der Waals surface area (Å²) in [5.41, 5.74) is 0.526. The van der Waals surface area contributed by atoms with E-state index >= 15 is 0 Å². The molecule has 1 aromatic rings. The summed E-state index contributed by atoms with van der Waals surface area (Å²) in [7, 11) is 0. The van der Waals surface area contributed by atoms with E-state index in [1.54, 1.807) is 18.2 Å². The van der Waals surface area contributed by atoms with Crippen LogP contribution < -0.4 is 15.4 Å². The minimum Gasteiger partial charge on any atom is -0.464 e. The molecule has 1 aliphatic carbocycles. The standard InChI is InChI=1S/C24H33N3O3/c1-3-5-7-10-22(28)27-20-11-12-21(19(17-20)18-25)30-23(29)13-16-26-24(4-2)14-8-6-9-15-24/h2,11-12,17,23,26,29H,3,5-10,13-16H2,1H3,(H,27,28). The Bertz CT molecular complexity index is 773. The Kier molecular flexibility index (Phi) is 9.67. The third kappa shape index (κ3) is 7.37. The van der Waals surface area contributed by atoms with Gasteiger partial charge in [-0.25, -0.2) is 0 Å². The second-order valence-electron chi connectivity index (χ2n) is 7.90. The quantitative estimate of drug-likeness (QED) is 0.290. The summed E-state index contributed by atoms with van der Waals surface area (Å²) < 4.78 is 5.56. The first-order chi connectivity index (χ1) is 14.5. The fourth-order valence-corrected chi connectivity index (χ4v) is 3.72. The van der Waals surface area contributed by atoms with E-state index in [1.165, 1.54) is 6.42 Å². The number of ether oxygens (including phenoxy) is 1. The highest BCUT2D eigenvalue weighted by Crippen LogP contribution is 2.28. The summed E-state index contributed by atoms with van der Waals surface area (Å²) in [5.74, 6) is 3.10. The van der Waals surface area contributed by atoms with E-state index in [0.717, 1.165) is 44.9 Å². The summed E-state index contributed by atoms with van der Waals surface area (Å²) >= 11 is 0. The zero-order valence-corrected chi connectivity index (χ0v) is 17.9. The number of carbonyl (C=O) groups is 1. The molecule has 1 aromatic carbocycles. The zero-order chi connectivity index (χ0) is 21.8. The fourth-order valence-electron chi connectivity index (χ4n) is 3.72. The number of nitriles is 1. The highest BCUT2D eigenvalue weighted by atomic mass is 16.6. The summed E-state index contributed by atoms with van der Waals surface area (Å²) in [6.45, 7) is 2.61. The Morgan fingerprint density at radius 1 is 1.33 bits per heavy atom. The molecule has 6 nitrogen and oxygen atoms in total. The van der Waals surface area contributed by atoms with Crippen molar-refractivity contribution in [2.24, 2.45) is 0 Å². The van der Waals surface area contributed by atoms with Gasteiger partial charge in [0, 0.05) is 25.1 Å². The van der Waals surface area contributed by atoms with Gasteiger partial charge >= 0.3 is 0 Å². The van der Waals surface area contributed by atoms with Crippen molar-refractivity contribution in [3.05, 3.63) is 23.8 Å². The van der Waals surface area contributed by atoms with E-state index in [0.29, 0.717) is 30.8 Å². The van der Waals surface area contributed by atoms with Crippen LogP contribution in [0.1, 0.15) is 76.7 Å². The van der Waals surface area contributed by atoms with Gasteiger partial charge in [-0.05, 0) is 37.5 Å². The molecular formula is C24H33N3O3. The van der Waals surface area contributed by atoms with Crippen molar-refractivity contribution in [1.29, 1.82) is 5.26 Å². The van der Waals surface area contributed by atoms with Crippen molar-refractivity contribution in [2.45, 2.75) is 83.0 Å². The molecule has 162 valence electrons. The number of terminal acetylenes is 1. The Hall–Kier alpha value is -2.54. The Labute approximate surface area is 180 Å². The Balaban J connectivity index is 1.85. The Morgan fingerprint density at radius 2 is 2.10 bits per heavy atom. The van der Waals surface area contributed by atoms with E-state index in [4.69, 9.17) is 11.2 Å². The van der Waals surface area contributed by atoms with Crippen LogP contribution in [0.5, 0.6) is 5.75 Å². The molecule has 0 aromatic heterocycles. The molecule has 1 unspecified atom stereocenters. The van der Waals surface area contributed by atoms with Crippen LogP contribution in [0.2, 0.25) is 0 Å². The molecule has 1 fully saturated rings. The normalized spacial score (nSPS) is 16.1. The molecule has 0 bridgehead atoms.